The smallest absolute Gasteiger partial charge is 0.133 e. The van der Waals surface area contributed by atoms with Crippen molar-refractivity contribution in [1.29, 1.82) is 0 Å². The summed E-state index contributed by atoms with van der Waals surface area (Å²) in [6.07, 6.45) is 2.75. The maximum Gasteiger partial charge on any atom is 0.133 e. The van der Waals surface area contributed by atoms with Crippen LogP contribution >= 0.6 is 0 Å². The molecule has 0 aromatic carbocycles. The minimum atomic E-state index is 0.592. The molecule has 1 aromatic rings. The number of pyridine rings is 1. The lowest BCUT2D eigenvalue weighted by Gasteiger charge is -2.29. The van der Waals surface area contributed by atoms with E-state index in [1.54, 1.807) is 0 Å². The van der Waals surface area contributed by atoms with Crippen LogP contribution in [0.4, 0.5) is 5.82 Å². The number of nitrogens with one attached hydrogen (secondary N) is 1. The van der Waals surface area contributed by atoms with Gasteiger partial charge in [-0.15, -0.1) is 0 Å². The lowest BCUT2D eigenvalue weighted by molar-refractivity contribution is 0.597. The van der Waals surface area contributed by atoms with Gasteiger partial charge in [0.15, 0.2) is 0 Å². The third kappa shape index (κ3) is 3.27. The van der Waals surface area contributed by atoms with Gasteiger partial charge < -0.3 is 10.2 Å². The summed E-state index contributed by atoms with van der Waals surface area (Å²) in [4.78, 5) is 7.18. The van der Waals surface area contributed by atoms with Crippen LogP contribution in [-0.4, -0.2) is 24.6 Å². The fraction of sp³-hybridized carbons (Fsp3) is 0.688. The highest BCUT2D eigenvalue weighted by atomic mass is 15.2. The summed E-state index contributed by atoms with van der Waals surface area (Å²) in [6.45, 7) is 10.7. The molecule has 1 fully saturated rings. The molecule has 1 saturated carbocycles. The molecule has 1 aliphatic carbocycles. The molecular weight excluding hydrogens is 234 g/mol. The topological polar surface area (TPSA) is 28.2 Å². The molecule has 0 radical (unpaired) electrons. The van der Waals surface area contributed by atoms with Gasteiger partial charge in [-0.3, -0.25) is 0 Å². The Bertz CT molecular complexity index is 438. The SMILES string of the molecule is CCNCc1c(C)cc(C)nc1N(C)C(C)C1CC1. The largest absolute Gasteiger partial charge is 0.356 e. The minimum Gasteiger partial charge on any atom is -0.356 e. The highest BCUT2D eigenvalue weighted by molar-refractivity contribution is 5.52. The first-order valence-electron chi connectivity index (χ1n) is 7.45. The zero-order valence-corrected chi connectivity index (χ0v) is 13.0. The Morgan fingerprint density at radius 3 is 2.68 bits per heavy atom. The van der Waals surface area contributed by atoms with Crippen molar-refractivity contribution in [2.24, 2.45) is 5.92 Å². The average Bonchev–Trinajstić information content (AvgIpc) is 3.19. The van der Waals surface area contributed by atoms with Crippen LogP contribution in [-0.2, 0) is 6.54 Å². The van der Waals surface area contributed by atoms with Crippen LogP contribution in [0.25, 0.3) is 0 Å². The Balaban J connectivity index is 2.29. The second-order valence-electron chi connectivity index (χ2n) is 5.85. The zero-order chi connectivity index (χ0) is 14.0. The number of rotatable bonds is 6. The number of aromatic nitrogens is 1. The van der Waals surface area contributed by atoms with Crippen molar-refractivity contribution in [1.82, 2.24) is 10.3 Å². The third-order valence-corrected chi connectivity index (χ3v) is 4.25. The van der Waals surface area contributed by atoms with E-state index in [0.717, 1.165) is 30.5 Å². The Labute approximate surface area is 117 Å². The number of hydrogen-bond acceptors (Lipinski definition) is 3. The zero-order valence-electron chi connectivity index (χ0n) is 13.0. The van der Waals surface area contributed by atoms with Crippen molar-refractivity contribution < 1.29 is 0 Å². The molecule has 2 rings (SSSR count). The highest BCUT2D eigenvalue weighted by Gasteiger charge is 2.31. The fourth-order valence-corrected chi connectivity index (χ4v) is 2.69. The number of hydrogen-bond donors (Lipinski definition) is 1. The molecule has 19 heavy (non-hydrogen) atoms. The summed E-state index contributed by atoms with van der Waals surface area (Å²) in [7, 11) is 2.19. The average molecular weight is 261 g/mol. The van der Waals surface area contributed by atoms with Crippen LogP contribution in [0.1, 0.15) is 43.5 Å². The van der Waals surface area contributed by atoms with Crippen LogP contribution in [0.15, 0.2) is 6.07 Å². The first-order chi connectivity index (χ1) is 9.04. The van der Waals surface area contributed by atoms with Crippen molar-refractivity contribution in [3.05, 3.63) is 22.9 Å². The lowest BCUT2D eigenvalue weighted by atomic mass is 10.1. The molecule has 3 nitrogen and oxygen atoms in total. The monoisotopic (exact) mass is 261 g/mol. The highest BCUT2D eigenvalue weighted by Crippen LogP contribution is 2.36. The van der Waals surface area contributed by atoms with Crippen LogP contribution < -0.4 is 10.2 Å². The van der Waals surface area contributed by atoms with E-state index in [1.165, 1.54) is 24.0 Å². The van der Waals surface area contributed by atoms with E-state index in [2.05, 4.69) is 51.0 Å². The van der Waals surface area contributed by atoms with Crippen LogP contribution in [0.5, 0.6) is 0 Å². The summed E-state index contributed by atoms with van der Waals surface area (Å²) in [6, 6.07) is 2.78. The Kier molecular flexibility index (Phi) is 4.46. The van der Waals surface area contributed by atoms with Gasteiger partial charge in [-0.25, -0.2) is 4.98 Å². The molecule has 0 spiro atoms. The summed E-state index contributed by atoms with van der Waals surface area (Å²) in [5.41, 5.74) is 3.81. The molecule has 3 heteroatoms. The molecule has 1 aliphatic rings. The molecule has 1 heterocycles. The van der Waals surface area contributed by atoms with Gasteiger partial charge in [0.05, 0.1) is 0 Å². The van der Waals surface area contributed by atoms with E-state index >= 15 is 0 Å². The van der Waals surface area contributed by atoms with E-state index in [1.807, 2.05) is 0 Å². The second kappa shape index (κ2) is 5.91. The summed E-state index contributed by atoms with van der Waals surface area (Å²) in [5.74, 6) is 2.03. The first-order valence-corrected chi connectivity index (χ1v) is 7.45. The van der Waals surface area contributed by atoms with Gasteiger partial charge in [-0.1, -0.05) is 6.92 Å². The molecule has 1 atom stereocenters. The predicted octanol–water partition coefficient (Wildman–Crippen LogP) is 3.04. The minimum absolute atomic E-state index is 0.592. The molecule has 1 N–H and O–H groups in total. The molecule has 1 aromatic heterocycles. The van der Waals surface area contributed by atoms with Gasteiger partial charge in [-0.2, -0.15) is 0 Å². The summed E-state index contributed by atoms with van der Waals surface area (Å²) in [5, 5.41) is 3.44. The molecule has 1 unspecified atom stereocenters. The molecular formula is C16H27N3. The van der Waals surface area contributed by atoms with E-state index in [-0.39, 0.29) is 0 Å². The summed E-state index contributed by atoms with van der Waals surface area (Å²) < 4.78 is 0. The second-order valence-corrected chi connectivity index (χ2v) is 5.85. The van der Waals surface area contributed by atoms with Crippen LogP contribution in [0, 0.1) is 19.8 Å². The lowest BCUT2D eigenvalue weighted by Crippen LogP contribution is -2.33. The quantitative estimate of drug-likeness (QED) is 0.853. The standard InChI is InChI=1S/C16H27N3/c1-6-17-10-15-11(2)9-12(3)18-16(15)19(5)13(4)14-7-8-14/h9,13-14,17H,6-8,10H2,1-5H3. The normalized spacial score (nSPS) is 16.5. The molecule has 0 saturated heterocycles. The van der Waals surface area contributed by atoms with Gasteiger partial charge in [0.1, 0.15) is 5.82 Å². The van der Waals surface area contributed by atoms with Gasteiger partial charge >= 0.3 is 0 Å². The fourth-order valence-electron chi connectivity index (χ4n) is 2.69. The first kappa shape index (κ1) is 14.3. The van der Waals surface area contributed by atoms with Crippen molar-refractivity contribution in [3.8, 4) is 0 Å². The molecule has 106 valence electrons. The van der Waals surface area contributed by atoms with Crippen LogP contribution in [0.2, 0.25) is 0 Å². The maximum atomic E-state index is 4.80. The Morgan fingerprint density at radius 2 is 2.11 bits per heavy atom. The molecule has 0 aliphatic heterocycles. The predicted molar refractivity (Wildman–Crippen MR) is 81.7 cm³/mol. The Hall–Kier alpha value is -1.09. The maximum absolute atomic E-state index is 4.80. The van der Waals surface area contributed by atoms with Crippen molar-refractivity contribution in [2.45, 2.75) is 53.1 Å². The third-order valence-electron chi connectivity index (χ3n) is 4.25. The number of aryl methyl sites for hydroxylation is 2. The van der Waals surface area contributed by atoms with E-state index in [0.29, 0.717) is 6.04 Å². The van der Waals surface area contributed by atoms with Crippen molar-refractivity contribution in [3.63, 3.8) is 0 Å². The molecule has 0 amide bonds. The molecule has 0 bridgehead atoms. The number of nitrogens with zero attached hydrogens (tertiary/aromatic N) is 2. The van der Waals surface area contributed by atoms with Gasteiger partial charge in [0.25, 0.3) is 0 Å². The van der Waals surface area contributed by atoms with E-state index < -0.39 is 0 Å². The van der Waals surface area contributed by atoms with E-state index in [4.69, 9.17) is 4.98 Å². The van der Waals surface area contributed by atoms with Gasteiger partial charge in [-0.05, 0) is 57.7 Å². The van der Waals surface area contributed by atoms with Gasteiger partial charge in [0, 0.05) is 30.9 Å². The Morgan fingerprint density at radius 1 is 1.42 bits per heavy atom. The van der Waals surface area contributed by atoms with Crippen molar-refractivity contribution >= 4 is 5.82 Å². The van der Waals surface area contributed by atoms with E-state index in [9.17, 15) is 0 Å². The summed E-state index contributed by atoms with van der Waals surface area (Å²) >= 11 is 0. The number of anilines is 1. The van der Waals surface area contributed by atoms with Crippen LogP contribution in [0.3, 0.4) is 0 Å². The van der Waals surface area contributed by atoms with Crippen molar-refractivity contribution in [2.75, 3.05) is 18.5 Å². The van der Waals surface area contributed by atoms with Gasteiger partial charge in [0.2, 0.25) is 0 Å².